The van der Waals surface area contributed by atoms with Gasteiger partial charge in [0.25, 0.3) is 11.8 Å². The Labute approximate surface area is 326 Å². The van der Waals surface area contributed by atoms with E-state index < -0.39 is 0 Å². The van der Waals surface area contributed by atoms with E-state index in [4.69, 9.17) is 38.4 Å². The summed E-state index contributed by atoms with van der Waals surface area (Å²) >= 11 is 0. The largest absolute Gasteiger partial charge is 0.494 e. The highest BCUT2D eigenvalue weighted by Gasteiger charge is 2.36. The third-order valence-corrected chi connectivity index (χ3v) is 10.5. The van der Waals surface area contributed by atoms with Gasteiger partial charge in [0.2, 0.25) is 0 Å². The summed E-state index contributed by atoms with van der Waals surface area (Å²) in [5, 5.41) is 0. The Bertz CT molecular complexity index is 2020. The third kappa shape index (κ3) is 7.98. The first-order chi connectivity index (χ1) is 27.2. The van der Waals surface area contributed by atoms with E-state index in [-0.39, 0.29) is 56.1 Å². The first-order valence-corrected chi connectivity index (χ1v) is 18.7. The summed E-state index contributed by atoms with van der Waals surface area (Å²) in [4.78, 5) is 51.9. The molecule has 0 saturated carbocycles. The van der Waals surface area contributed by atoms with Crippen molar-refractivity contribution in [3.8, 4) is 28.7 Å². The van der Waals surface area contributed by atoms with Gasteiger partial charge < -0.3 is 38.2 Å². The maximum Gasteiger partial charge on any atom is 0.305 e. The van der Waals surface area contributed by atoms with Gasteiger partial charge in [-0.3, -0.25) is 24.4 Å². The second-order valence-corrected chi connectivity index (χ2v) is 14.0. The molecule has 292 valence electrons. The van der Waals surface area contributed by atoms with Gasteiger partial charge in [-0.2, -0.15) is 0 Å². The number of hydrogen-bond acceptors (Lipinski definition) is 11. The molecule has 3 aromatic rings. The standard InChI is InChI=1S/C43H46N4O9/c1-6-26-12-30-20-44-35-18-39(37(51-3)16-33(35)42(49)46(30)22-26)55-24-28-11-29(15-32(14-28)54-10-8-9-41(48)53-5)25-56-40-19-36-34(17-38(40)52-4)43(50)47-23-27(7-2)13-31(47)21-45-36/h6-7,11,14-21,30-31H,8-10,12-13,22-25H2,1-5H3/t30-,31-/m0/s1. The highest BCUT2D eigenvalue weighted by Crippen LogP contribution is 2.41. The predicted molar refractivity (Wildman–Crippen MR) is 211 cm³/mol. The molecule has 0 aromatic heterocycles. The maximum atomic E-state index is 13.6. The van der Waals surface area contributed by atoms with Crippen LogP contribution in [0.4, 0.5) is 11.4 Å². The van der Waals surface area contributed by atoms with Crippen LogP contribution in [0.2, 0.25) is 0 Å². The lowest BCUT2D eigenvalue weighted by Gasteiger charge is -2.20. The number of fused-ring (bicyclic) bond motifs is 4. The topological polar surface area (TPSA) is 138 Å². The minimum atomic E-state index is -0.308. The minimum Gasteiger partial charge on any atom is -0.494 e. The monoisotopic (exact) mass is 762 g/mol. The van der Waals surface area contributed by atoms with E-state index >= 15 is 0 Å². The molecule has 56 heavy (non-hydrogen) atoms. The fourth-order valence-electron chi connectivity index (χ4n) is 7.34. The zero-order valence-electron chi connectivity index (χ0n) is 32.3. The van der Waals surface area contributed by atoms with Gasteiger partial charge in [0.15, 0.2) is 23.0 Å². The molecule has 4 aliphatic rings. The molecule has 0 N–H and O–H groups in total. The third-order valence-electron chi connectivity index (χ3n) is 10.5. The van der Waals surface area contributed by atoms with Crippen LogP contribution >= 0.6 is 0 Å². The Morgan fingerprint density at radius 1 is 0.696 bits per heavy atom. The number of methoxy groups -OCH3 is 3. The van der Waals surface area contributed by atoms with E-state index in [0.717, 1.165) is 24.0 Å². The summed E-state index contributed by atoms with van der Waals surface area (Å²) in [5.41, 5.74) is 5.90. The molecule has 13 heteroatoms. The number of rotatable bonds is 13. The molecule has 4 heterocycles. The van der Waals surface area contributed by atoms with Crippen molar-refractivity contribution < 1.29 is 42.8 Å². The number of allylic oxidation sites excluding steroid dienone is 2. The number of carbonyl (C=O) groups excluding carboxylic acids is 3. The Morgan fingerprint density at radius 3 is 1.64 bits per heavy atom. The Balaban J connectivity index is 1.12. The van der Waals surface area contributed by atoms with Crippen LogP contribution < -0.4 is 23.7 Å². The summed E-state index contributed by atoms with van der Waals surface area (Å²) in [6.45, 7) is 5.67. The molecule has 0 aliphatic carbocycles. The van der Waals surface area contributed by atoms with E-state index in [1.165, 1.54) is 32.5 Å². The smallest absolute Gasteiger partial charge is 0.305 e. The van der Waals surface area contributed by atoms with Crippen LogP contribution in [0.25, 0.3) is 0 Å². The molecule has 0 bridgehead atoms. The molecule has 2 atom stereocenters. The summed E-state index contributed by atoms with van der Waals surface area (Å²) in [7, 11) is 4.43. The van der Waals surface area contributed by atoms with Gasteiger partial charge in [0.05, 0.1) is 62.5 Å². The number of aliphatic imine (C=N–C) groups is 2. The first kappa shape index (κ1) is 38.2. The van der Waals surface area contributed by atoms with Gasteiger partial charge >= 0.3 is 5.97 Å². The van der Waals surface area contributed by atoms with E-state index in [1.807, 2.05) is 54.3 Å². The van der Waals surface area contributed by atoms with Gasteiger partial charge in [-0.25, -0.2) is 0 Å². The number of hydrogen-bond donors (Lipinski definition) is 0. The van der Waals surface area contributed by atoms with Crippen LogP contribution in [0.3, 0.4) is 0 Å². The molecule has 13 nitrogen and oxygen atoms in total. The molecule has 4 aliphatic heterocycles. The van der Waals surface area contributed by atoms with Crippen molar-refractivity contribution in [2.24, 2.45) is 9.98 Å². The summed E-state index contributed by atoms with van der Waals surface area (Å²) in [6.07, 6.45) is 9.99. The molecule has 2 saturated heterocycles. The fraction of sp³-hybridized carbons (Fsp3) is 0.372. The van der Waals surface area contributed by atoms with Crippen molar-refractivity contribution in [1.82, 2.24) is 9.80 Å². The van der Waals surface area contributed by atoms with Crippen LogP contribution in [0.1, 0.15) is 71.4 Å². The van der Waals surface area contributed by atoms with E-state index in [1.54, 1.807) is 24.3 Å². The zero-order chi connectivity index (χ0) is 39.3. The lowest BCUT2D eigenvalue weighted by Crippen LogP contribution is -2.35. The lowest BCUT2D eigenvalue weighted by atomic mass is 10.1. The number of amides is 2. The molecular weight excluding hydrogens is 716 g/mol. The average Bonchev–Trinajstić information content (AvgIpc) is 3.79. The average molecular weight is 763 g/mol. The molecule has 2 amide bonds. The maximum absolute atomic E-state index is 13.6. The van der Waals surface area contributed by atoms with Gasteiger partial charge in [-0.05, 0) is 74.6 Å². The van der Waals surface area contributed by atoms with E-state index in [2.05, 4.69) is 12.2 Å². The number of ether oxygens (including phenoxy) is 6. The molecule has 3 aromatic carbocycles. The van der Waals surface area contributed by atoms with Gasteiger partial charge in [0, 0.05) is 44.1 Å². The predicted octanol–water partition coefficient (Wildman–Crippen LogP) is 6.95. The number of esters is 1. The number of carbonyl (C=O) groups is 3. The van der Waals surface area contributed by atoms with Crippen molar-refractivity contribution >= 4 is 41.6 Å². The Kier molecular flexibility index (Phi) is 11.4. The zero-order valence-corrected chi connectivity index (χ0v) is 32.3. The highest BCUT2D eigenvalue weighted by atomic mass is 16.5. The number of benzene rings is 3. The Morgan fingerprint density at radius 2 is 1.20 bits per heavy atom. The van der Waals surface area contributed by atoms with Crippen molar-refractivity contribution in [3.63, 3.8) is 0 Å². The van der Waals surface area contributed by atoms with Gasteiger partial charge in [-0.15, -0.1) is 0 Å². The van der Waals surface area contributed by atoms with Crippen LogP contribution in [0.5, 0.6) is 28.7 Å². The molecule has 0 spiro atoms. The van der Waals surface area contributed by atoms with Crippen LogP contribution in [-0.4, -0.2) is 93.1 Å². The van der Waals surface area contributed by atoms with Crippen LogP contribution in [0.15, 0.2) is 75.7 Å². The molecule has 0 unspecified atom stereocenters. The number of nitrogens with zero attached hydrogens (tertiary/aromatic N) is 4. The molecule has 0 radical (unpaired) electrons. The highest BCUT2D eigenvalue weighted by molar-refractivity contribution is 6.04. The first-order valence-electron chi connectivity index (χ1n) is 18.7. The Hall–Kier alpha value is -6.11. The summed E-state index contributed by atoms with van der Waals surface area (Å²) in [6, 6.07) is 12.3. The van der Waals surface area contributed by atoms with Crippen LogP contribution in [-0.2, 0) is 22.7 Å². The van der Waals surface area contributed by atoms with Gasteiger partial charge in [0.1, 0.15) is 19.0 Å². The van der Waals surface area contributed by atoms with Crippen LogP contribution in [0, 0.1) is 0 Å². The van der Waals surface area contributed by atoms with Gasteiger partial charge in [-0.1, -0.05) is 23.3 Å². The van der Waals surface area contributed by atoms with Crippen molar-refractivity contribution in [3.05, 3.63) is 88.0 Å². The summed E-state index contributed by atoms with van der Waals surface area (Å²) < 4.78 is 34.9. The molecular formula is C43H46N4O9. The second kappa shape index (κ2) is 16.7. The molecule has 2 fully saturated rings. The van der Waals surface area contributed by atoms with Crippen molar-refractivity contribution in [1.29, 1.82) is 0 Å². The second-order valence-electron chi connectivity index (χ2n) is 14.0. The quantitative estimate of drug-likeness (QED) is 0.103. The van der Waals surface area contributed by atoms with E-state index in [9.17, 15) is 14.4 Å². The SMILES string of the molecule is CC=C1C[C@H]2C=Nc3cc(OCc4cc(COc5cc6c(cc5OC)C(=O)N5CC(=CC)C[C@H]5C=N6)cc(OCCCC(=O)OC)c4)c(OC)cc3C(=O)N2C1. The fourth-order valence-corrected chi connectivity index (χ4v) is 7.34. The lowest BCUT2D eigenvalue weighted by molar-refractivity contribution is -0.140. The minimum absolute atomic E-state index is 0.0984. The normalized spacial score (nSPS) is 19.6. The van der Waals surface area contributed by atoms with Crippen molar-refractivity contribution in [2.75, 3.05) is 41.0 Å². The van der Waals surface area contributed by atoms with Crippen molar-refractivity contribution in [2.45, 2.75) is 64.8 Å². The molecule has 7 rings (SSSR count). The summed E-state index contributed by atoms with van der Waals surface area (Å²) in [5.74, 6) is 1.74. The van der Waals surface area contributed by atoms with E-state index in [0.29, 0.717) is 70.8 Å².